The highest BCUT2D eigenvalue weighted by Crippen LogP contribution is 2.41. The molecule has 1 aliphatic carbocycles. The number of hydrogen-bond donors (Lipinski definition) is 1. The number of nitrogens with zero attached hydrogens (tertiary/aromatic N) is 1. The molecule has 1 radical (unpaired) electrons. The molecule has 0 aliphatic heterocycles. The van der Waals surface area contributed by atoms with E-state index in [1.54, 1.807) is 27.8 Å². The van der Waals surface area contributed by atoms with Crippen molar-refractivity contribution in [3.8, 4) is 0 Å². The van der Waals surface area contributed by atoms with Gasteiger partial charge in [-0.1, -0.05) is 29.0 Å². The van der Waals surface area contributed by atoms with Crippen LogP contribution in [0.4, 0.5) is 10.5 Å². The smallest absolute Gasteiger partial charge is 0.411 e. The van der Waals surface area contributed by atoms with Gasteiger partial charge in [0.05, 0.1) is 5.25 Å². The van der Waals surface area contributed by atoms with Crippen LogP contribution in [0.2, 0.25) is 0 Å². The van der Waals surface area contributed by atoms with Crippen LogP contribution in [0.25, 0.3) is 0 Å². The van der Waals surface area contributed by atoms with Crippen LogP contribution in [-0.4, -0.2) is 22.4 Å². The van der Waals surface area contributed by atoms with E-state index in [2.05, 4.69) is 17.2 Å². The van der Waals surface area contributed by atoms with E-state index in [9.17, 15) is 4.79 Å². The summed E-state index contributed by atoms with van der Waals surface area (Å²) in [5, 5.41) is 4.05. The number of ether oxygens (including phenoxy) is 1. The van der Waals surface area contributed by atoms with Gasteiger partial charge in [-0.15, -0.1) is 0 Å². The molecule has 1 N–H and O–H groups in total. The fourth-order valence-corrected chi connectivity index (χ4v) is 5.18. The highest BCUT2D eigenvalue weighted by atomic mass is 33.1. The largest absolute Gasteiger partial charge is 0.445 e. The third-order valence-corrected chi connectivity index (χ3v) is 6.58. The van der Waals surface area contributed by atoms with Crippen LogP contribution in [0.3, 0.4) is 0 Å². The Morgan fingerprint density at radius 3 is 2.79 bits per heavy atom. The second kappa shape index (κ2) is 8.44. The summed E-state index contributed by atoms with van der Waals surface area (Å²) in [6.45, 7) is 3.83. The summed E-state index contributed by atoms with van der Waals surface area (Å²) >= 11 is 0. The highest BCUT2D eigenvalue weighted by molar-refractivity contribution is 8.76. The molecule has 1 amide bonds. The predicted octanol–water partition coefficient (Wildman–Crippen LogP) is 5.17. The van der Waals surface area contributed by atoms with E-state index in [1.807, 2.05) is 42.5 Å². The lowest BCUT2D eigenvalue weighted by molar-refractivity contribution is 0.117. The van der Waals surface area contributed by atoms with E-state index >= 15 is 0 Å². The first-order chi connectivity index (χ1) is 11.7. The molecule has 24 heavy (non-hydrogen) atoms. The Labute approximate surface area is 150 Å². The molecule has 0 spiro atoms. The molecule has 125 valence electrons. The van der Waals surface area contributed by atoms with Gasteiger partial charge in [0.1, 0.15) is 11.1 Å². The lowest BCUT2D eigenvalue weighted by Crippen LogP contribution is -2.26. The molecular formula is C18H19N2O2S2. The molecule has 2 atom stereocenters. The van der Waals surface area contributed by atoms with Gasteiger partial charge in [0.15, 0.2) is 0 Å². The molecule has 1 aromatic heterocycles. The Hall–Kier alpha value is -1.66. The van der Waals surface area contributed by atoms with Crippen molar-refractivity contribution in [3.63, 3.8) is 0 Å². The van der Waals surface area contributed by atoms with Gasteiger partial charge in [-0.25, -0.2) is 9.78 Å². The third-order valence-electron chi connectivity index (χ3n) is 3.75. The van der Waals surface area contributed by atoms with Gasteiger partial charge < -0.3 is 4.74 Å². The van der Waals surface area contributed by atoms with Crippen LogP contribution in [-0.2, 0) is 4.74 Å². The number of aromatic nitrogens is 1. The molecule has 1 aliphatic rings. The first-order valence-electron chi connectivity index (χ1n) is 7.85. The summed E-state index contributed by atoms with van der Waals surface area (Å²) in [6, 6.07) is 13.2. The van der Waals surface area contributed by atoms with Crippen molar-refractivity contribution in [1.82, 2.24) is 4.98 Å². The Kier molecular flexibility index (Phi) is 6.04. The van der Waals surface area contributed by atoms with E-state index < -0.39 is 6.09 Å². The normalized spacial score (nSPS) is 19.9. The number of hydrogen-bond acceptors (Lipinski definition) is 5. The van der Waals surface area contributed by atoms with Crippen LogP contribution < -0.4 is 5.32 Å². The minimum atomic E-state index is -0.396. The predicted molar refractivity (Wildman–Crippen MR) is 100 cm³/mol. The summed E-state index contributed by atoms with van der Waals surface area (Å²) in [7, 11) is 3.38. The maximum absolute atomic E-state index is 12.1. The van der Waals surface area contributed by atoms with Crippen molar-refractivity contribution in [2.24, 2.45) is 0 Å². The SMILES string of the molecule is [CH2]c1ccc(NC(=O)O[C@H]2CCC[C@@H]2SSc2ccccn2)cc1. The summed E-state index contributed by atoms with van der Waals surface area (Å²) in [6.07, 6.45) is 4.38. The summed E-state index contributed by atoms with van der Waals surface area (Å²) in [4.78, 5) is 16.4. The number of rotatable bonds is 5. The van der Waals surface area contributed by atoms with Gasteiger partial charge in [0.25, 0.3) is 0 Å². The molecule has 6 heteroatoms. The van der Waals surface area contributed by atoms with Gasteiger partial charge in [0.2, 0.25) is 0 Å². The maximum Gasteiger partial charge on any atom is 0.411 e. The molecule has 2 aromatic rings. The van der Waals surface area contributed by atoms with Crippen LogP contribution in [0, 0.1) is 6.92 Å². The summed E-state index contributed by atoms with van der Waals surface area (Å²) in [5.41, 5.74) is 1.63. The zero-order chi connectivity index (χ0) is 16.8. The zero-order valence-electron chi connectivity index (χ0n) is 13.2. The van der Waals surface area contributed by atoms with Crippen LogP contribution in [0.5, 0.6) is 0 Å². The number of amides is 1. The molecule has 0 bridgehead atoms. The highest BCUT2D eigenvalue weighted by Gasteiger charge is 2.31. The lowest BCUT2D eigenvalue weighted by atomic mass is 10.2. The quantitative estimate of drug-likeness (QED) is 0.746. The molecule has 1 aromatic carbocycles. The summed E-state index contributed by atoms with van der Waals surface area (Å²) in [5.74, 6) is 0. The molecule has 3 rings (SSSR count). The van der Waals surface area contributed by atoms with Gasteiger partial charge in [0, 0.05) is 11.9 Å². The molecule has 4 nitrogen and oxygen atoms in total. The average molecular weight is 359 g/mol. The van der Waals surface area contributed by atoms with E-state index in [1.165, 1.54) is 0 Å². The van der Waals surface area contributed by atoms with Gasteiger partial charge in [-0.3, -0.25) is 5.32 Å². The van der Waals surface area contributed by atoms with E-state index in [-0.39, 0.29) is 6.10 Å². The number of nitrogens with one attached hydrogen (secondary N) is 1. The van der Waals surface area contributed by atoms with Crippen molar-refractivity contribution in [2.45, 2.75) is 35.6 Å². The third kappa shape index (κ3) is 4.92. The number of pyridine rings is 1. The minimum Gasteiger partial charge on any atom is -0.445 e. The van der Waals surface area contributed by atoms with E-state index in [0.717, 1.165) is 35.5 Å². The van der Waals surface area contributed by atoms with Crippen molar-refractivity contribution in [1.29, 1.82) is 0 Å². The van der Waals surface area contributed by atoms with Crippen LogP contribution in [0.15, 0.2) is 53.7 Å². The van der Waals surface area contributed by atoms with Crippen LogP contribution >= 0.6 is 21.6 Å². The molecule has 0 unspecified atom stereocenters. The number of benzene rings is 1. The standard InChI is InChI=1S/C18H19N2O2S2/c1-13-8-10-14(11-9-13)20-18(21)22-15-5-4-6-16(15)23-24-17-7-2-3-12-19-17/h2-3,7-12,15-16H,1,4-6H2,(H,20,21)/t15-,16-/m0/s1. The number of carbonyl (C=O) groups excluding carboxylic acids is 1. The van der Waals surface area contributed by atoms with Crippen molar-refractivity contribution >= 4 is 33.4 Å². The molecule has 1 saturated carbocycles. The molecular weight excluding hydrogens is 340 g/mol. The maximum atomic E-state index is 12.1. The fraction of sp³-hybridized carbons (Fsp3) is 0.278. The van der Waals surface area contributed by atoms with Gasteiger partial charge in [-0.05, 0) is 66.8 Å². The molecule has 1 heterocycles. The second-order valence-corrected chi connectivity index (χ2v) is 8.04. The zero-order valence-corrected chi connectivity index (χ0v) is 14.8. The number of anilines is 1. The fourth-order valence-electron chi connectivity index (χ4n) is 2.52. The number of carbonyl (C=O) groups is 1. The average Bonchev–Trinajstić information content (AvgIpc) is 3.03. The van der Waals surface area contributed by atoms with Crippen molar-refractivity contribution < 1.29 is 9.53 Å². The lowest BCUT2D eigenvalue weighted by Gasteiger charge is -2.19. The summed E-state index contributed by atoms with van der Waals surface area (Å²) < 4.78 is 5.63. The van der Waals surface area contributed by atoms with Crippen molar-refractivity contribution in [3.05, 3.63) is 61.1 Å². The minimum absolute atomic E-state index is 0.0571. The molecule has 0 saturated heterocycles. The van der Waals surface area contributed by atoms with Gasteiger partial charge >= 0.3 is 6.09 Å². The van der Waals surface area contributed by atoms with Gasteiger partial charge in [-0.2, -0.15) is 0 Å². The Morgan fingerprint density at radius 2 is 2.04 bits per heavy atom. The Bertz CT molecular complexity index is 664. The first kappa shape index (κ1) is 17.2. The van der Waals surface area contributed by atoms with E-state index in [0.29, 0.717) is 5.25 Å². The topological polar surface area (TPSA) is 51.2 Å². The van der Waals surface area contributed by atoms with E-state index in [4.69, 9.17) is 4.74 Å². The first-order valence-corrected chi connectivity index (χ1v) is 10.1. The second-order valence-electron chi connectivity index (χ2n) is 5.58. The molecule has 1 fully saturated rings. The monoisotopic (exact) mass is 359 g/mol. The Morgan fingerprint density at radius 1 is 1.21 bits per heavy atom. The van der Waals surface area contributed by atoms with Crippen molar-refractivity contribution in [2.75, 3.05) is 5.32 Å². The van der Waals surface area contributed by atoms with Crippen LogP contribution in [0.1, 0.15) is 24.8 Å². The Balaban J connectivity index is 1.49.